The maximum Gasteiger partial charge on any atom is 0.171 e. The summed E-state index contributed by atoms with van der Waals surface area (Å²) in [6, 6.07) is 75.5. The lowest BCUT2D eigenvalue weighted by Crippen LogP contribution is -2.25. The van der Waals surface area contributed by atoms with Gasteiger partial charge in [0.15, 0.2) is 7.14 Å². The Kier molecular flexibility index (Phi) is 8.10. The Hall–Kier alpha value is -7.19. The van der Waals surface area contributed by atoms with Crippen LogP contribution in [0.4, 0.5) is 0 Å². The Morgan fingerprint density at radius 2 is 0.931 bits per heavy atom. The average molecular weight is 762 g/mol. The SMILES string of the molecule is O=P(c1ccccc1)(c1cccc(-c2cccc(-c3ccccc3)c2)c1)c1ccc2c(c1)c1ccccc1n2-c1cccc(-c2cccc3c2oc2ccccc23)c1. The predicted octanol–water partition coefficient (Wildman–Crippen LogP) is 13.3. The monoisotopic (exact) mass is 761 g/mol. The minimum atomic E-state index is -3.34. The summed E-state index contributed by atoms with van der Waals surface area (Å²) in [5.74, 6) is 0. The highest BCUT2D eigenvalue weighted by Gasteiger charge is 2.31. The zero-order valence-corrected chi connectivity index (χ0v) is 32.4. The third-order valence-electron chi connectivity index (χ3n) is 11.5. The van der Waals surface area contributed by atoms with Crippen LogP contribution in [0.15, 0.2) is 223 Å². The highest BCUT2D eigenvalue weighted by molar-refractivity contribution is 7.85. The first-order valence-electron chi connectivity index (χ1n) is 19.6. The molecule has 0 aliphatic heterocycles. The third-order valence-corrected chi connectivity index (χ3v) is 14.5. The van der Waals surface area contributed by atoms with E-state index in [4.69, 9.17) is 4.42 Å². The molecule has 0 fully saturated rings. The van der Waals surface area contributed by atoms with Gasteiger partial charge in [-0.15, -0.1) is 0 Å². The van der Waals surface area contributed by atoms with Gasteiger partial charge < -0.3 is 13.5 Å². The maximum atomic E-state index is 16.1. The Morgan fingerprint density at radius 1 is 0.362 bits per heavy atom. The number of nitrogens with zero attached hydrogens (tertiary/aromatic N) is 1. The van der Waals surface area contributed by atoms with Gasteiger partial charge in [0.05, 0.1) is 11.0 Å². The van der Waals surface area contributed by atoms with E-state index in [1.165, 1.54) is 5.56 Å². The van der Waals surface area contributed by atoms with Crippen LogP contribution in [0.3, 0.4) is 0 Å². The molecule has 0 spiro atoms. The molecule has 2 aromatic heterocycles. The van der Waals surface area contributed by atoms with Crippen LogP contribution in [-0.4, -0.2) is 4.57 Å². The summed E-state index contributed by atoms with van der Waals surface area (Å²) in [4.78, 5) is 0. The first-order valence-corrected chi connectivity index (χ1v) is 21.3. The lowest BCUT2D eigenvalue weighted by Gasteiger charge is -2.21. The quantitative estimate of drug-likeness (QED) is 0.152. The summed E-state index contributed by atoms with van der Waals surface area (Å²) in [6.07, 6.45) is 0. The normalized spacial score (nSPS) is 12.7. The Bertz CT molecular complexity index is 3380. The number of para-hydroxylation sites is 3. The molecule has 0 aliphatic carbocycles. The smallest absolute Gasteiger partial charge is 0.171 e. The van der Waals surface area contributed by atoms with E-state index in [9.17, 15) is 0 Å². The van der Waals surface area contributed by atoms with E-state index in [-0.39, 0.29) is 0 Å². The molecular formula is C54H36NO2P. The fourth-order valence-electron chi connectivity index (χ4n) is 8.70. The van der Waals surface area contributed by atoms with Crippen molar-refractivity contribution >= 4 is 66.8 Å². The molecular weight excluding hydrogens is 726 g/mol. The van der Waals surface area contributed by atoms with Crippen LogP contribution in [-0.2, 0) is 4.57 Å². The molecule has 274 valence electrons. The van der Waals surface area contributed by atoms with E-state index in [2.05, 4.69) is 162 Å². The number of rotatable bonds is 7. The molecule has 4 heteroatoms. The zero-order chi connectivity index (χ0) is 38.6. The molecule has 1 unspecified atom stereocenters. The Labute approximate surface area is 336 Å². The number of furan rings is 1. The number of benzene rings is 9. The van der Waals surface area contributed by atoms with E-state index in [0.717, 1.165) is 93.2 Å². The molecule has 3 nitrogen and oxygen atoms in total. The minimum absolute atomic E-state index is 0.801. The molecule has 0 saturated heterocycles. The van der Waals surface area contributed by atoms with Crippen molar-refractivity contribution in [2.24, 2.45) is 0 Å². The van der Waals surface area contributed by atoms with Crippen LogP contribution in [0, 0.1) is 0 Å². The molecule has 0 aliphatic rings. The highest BCUT2D eigenvalue weighted by Crippen LogP contribution is 2.45. The Morgan fingerprint density at radius 3 is 1.78 bits per heavy atom. The second-order valence-electron chi connectivity index (χ2n) is 14.8. The summed E-state index contributed by atoms with van der Waals surface area (Å²) >= 11 is 0. The van der Waals surface area contributed by atoms with Gasteiger partial charge in [-0.1, -0.05) is 164 Å². The summed E-state index contributed by atoms with van der Waals surface area (Å²) in [6.45, 7) is 0. The summed E-state index contributed by atoms with van der Waals surface area (Å²) in [5, 5.41) is 6.80. The van der Waals surface area contributed by atoms with E-state index in [1.807, 2.05) is 60.7 Å². The lowest BCUT2D eigenvalue weighted by molar-refractivity contribution is 0.592. The first-order chi connectivity index (χ1) is 28.6. The third kappa shape index (κ3) is 5.55. The van der Waals surface area contributed by atoms with Crippen LogP contribution in [0.25, 0.3) is 82.8 Å². The molecule has 2 heterocycles. The first kappa shape index (κ1) is 34.1. The molecule has 0 amide bonds. The largest absolute Gasteiger partial charge is 0.455 e. The van der Waals surface area contributed by atoms with Gasteiger partial charge in [-0.2, -0.15) is 0 Å². The number of hydrogen-bond acceptors (Lipinski definition) is 2. The molecule has 9 aromatic carbocycles. The molecule has 0 N–H and O–H groups in total. The number of hydrogen-bond donors (Lipinski definition) is 0. The van der Waals surface area contributed by atoms with Crippen molar-refractivity contribution < 1.29 is 8.98 Å². The highest BCUT2D eigenvalue weighted by atomic mass is 31.2. The van der Waals surface area contributed by atoms with Crippen molar-refractivity contribution in [2.75, 3.05) is 0 Å². The van der Waals surface area contributed by atoms with Crippen molar-refractivity contribution in [3.05, 3.63) is 218 Å². The van der Waals surface area contributed by atoms with Gasteiger partial charge in [0, 0.05) is 48.7 Å². The van der Waals surface area contributed by atoms with Crippen molar-refractivity contribution in [1.82, 2.24) is 4.57 Å². The Balaban J connectivity index is 1.06. The van der Waals surface area contributed by atoms with Crippen LogP contribution < -0.4 is 15.9 Å². The van der Waals surface area contributed by atoms with Gasteiger partial charge in [0.1, 0.15) is 11.2 Å². The molecule has 1 atom stereocenters. The van der Waals surface area contributed by atoms with E-state index >= 15 is 4.57 Å². The molecule has 0 radical (unpaired) electrons. The second-order valence-corrected chi connectivity index (χ2v) is 17.6. The van der Waals surface area contributed by atoms with Gasteiger partial charge in [0.25, 0.3) is 0 Å². The van der Waals surface area contributed by atoms with Gasteiger partial charge in [-0.05, 0) is 82.4 Å². The lowest BCUT2D eigenvalue weighted by atomic mass is 9.99. The van der Waals surface area contributed by atoms with Crippen LogP contribution >= 0.6 is 7.14 Å². The fraction of sp³-hybridized carbons (Fsp3) is 0. The standard InChI is InChI=1S/C54H36NO2P/c56-58(43-22-5-2-6-23-43,44-24-13-19-40(35-44)39-18-11-17-38(33-39)37-15-3-1-4-16-37)45-31-32-52-50(36-45)47-25-7-9-29-51(47)55(52)42-21-12-20-41(34-42)46-27-14-28-49-48-26-8-10-30-53(48)57-54(46)49/h1-36H. The maximum absolute atomic E-state index is 16.1. The van der Waals surface area contributed by atoms with E-state index < -0.39 is 7.14 Å². The fourth-order valence-corrected chi connectivity index (χ4v) is 11.4. The average Bonchev–Trinajstić information content (AvgIpc) is 3.85. The molecule has 0 saturated carbocycles. The van der Waals surface area contributed by atoms with E-state index in [0.29, 0.717) is 0 Å². The van der Waals surface area contributed by atoms with Crippen molar-refractivity contribution in [3.8, 4) is 39.1 Å². The summed E-state index contributed by atoms with van der Waals surface area (Å²) < 4.78 is 24.9. The van der Waals surface area contributed by atoms with Gasteiger partial charge >= 0.3 is 0 Å². The van der Waals surface area contributed by atoms with Crippen molar-refractivity contribution in [2.45, 2.75) is 0 Å². The zero-order valence-electron chi connectivity index (χ0n) is 31.5. The van der Waals surface area contributed by atoms with Crippen LogP contribution in [0.2, 0.25) is 0 Å². The van der Waals surface area contributed by atoms with Gasteiger partial charge in [-0.25, -0.2) is 0 Å². The van der Waals surface area contributed by atoms with Gasteiger partial charge in [-0.3, -0.25) is 0 Å². The topological polar surface area (TPSA) is 35.1 Å². The molecule has 11 aromatic rings. The van der Waals surface area contributed by atoms with Crippen molar-refractivity contribution in [1.29, 1.82) is 0 Å². The number of fused-ring (bicyclic) bond motifs is 6. The van der Waals surface area contributed by atoms with Crippen molar-refractivity contribution in [3.63, 3.8) is 0 Å². The molecule has 58 heavy (non-hydrogen) atoms. The number of aromatic nitrogens is 1. The van der Waals surface area contributed by atoms with Crippen LogP contribution in [0.1, 0.15) is 0 Å². The molecule has 0 bridgehead atoms. The second kappa shape index (κ2) is 13.8. The van der Waals surface area contributed by atoms with E-state index in [1.54, 1.807) is 0 Å². The summed E-state index contributed by atoms with van der Waals surface area (Å²) in [7, 11) is -3.34. The molecule has 11 rings (SSSR count). The minimum Gasteiger partial charge on any atom is -0.455 e. The predicted molar refractivity (Wildman–Crippen MR) is 244 cm³/mol. The van der Waals surface area contributed by atoms with Crippen LogP contribution in [0.5, 0.6) is 0 Å². The summed E-state index contributed by atoms with van der Waals surface area (Å²) in [5.41, 5.74) is 11.5. The van der Waals surface area contributed by atoms with Gasteiger partial charge in [0.2, 0.25) is 0 Å².